The van der Waals surface area contributed by atoms with E-state index in [1.807, 2.05) is 40.1 Å². The quantitative estimate of drug-likeness (QED) is 0.634. The molecule has 0 bridgehead atoms. The van der Waals surface area contributed by atoms with E-state index < -0.39 is 0 Å². The fourth-order valence-corrected chi connectivity index (χ4v) is 4.46. The van der Waals surface area contributed by atoms with Gasteiger partial charge in [-0.15, -0.1) is 0 Å². The number of piperidine rings is 1. The summed E-state index contributed by atoms with van der Waals surface area (Å²) in [6.07, 6.45) is 4.82. The lowest BCUT2D eigenvalue weighted by atomic mass is 9.93. The van der Waals surface area contributed by atoms with Crippen molar-refractivity contribution >= 4 is 17.2 Å². The third kappa shape index (κ3) is 4.17. The zero-order valence-corrected chi connectivity index (χ0v) is 16.8. The molecule has 0 aliphatic carbocycles. The summed E-state index contributed by atoms with van der Waals surface area (Å²) in [4.78, 5) is 19.1. The minimum Gasteiger partial charge on any atom is -0.339 e. The highest BCUT2D eigenvalue weighted by molar-refractivity contribution is 7.08. The first-order chi connectivity index (χ1) is 13.6. The lowest BCUT2D eigenvalue weighted by molar-refractivity contribution is 0.0690. The number of hydrogen-bond donors (Lipinski definition) is 0. The number of nitrogens with zero attached hydrogens (tertiary/aromatic N) is 3. The van der Waals surface area contributed by atoms with Gasteiger partial charge in [0.25, 0.3) is 5.91 Å². The lowest BCUT2D eigenvalue weighted by Gasteiger charge is -2.32. The van der Waals surface area contributed by atoms with Crippen molar-refractivity contribution in [3.05, 3.63) is 75.8 Å². The topological polar surface area (TPSA) is 38.1 Å². The SMILES string of the molecule is Cc1cnc(CC2CCN(C(=O)c3ccsc3)CC2)n1Cc1ccc(F)cc1. The lowest BCUT2D eigenvalue weighted by Crippen LogP contribution is -2.38. The maximum atomic E-state index is 13.2. The van der Waals surface area contributed by atoms with Gasteiger partial charge >= 0.3 is 0 Å². The van der Waals surface area contributed by atoms with E-state index in [0.717, 1.165) is 55.0 Å². The van der Waals surface area contributed by atoms with Crippen molar-refractivity contribution in [1.82, 2.24) is 14.5 Å². The molecule has 1 amide bonds. The van der Waals surface area contributed by atoms with E-state index >= 15 is 0 Å². The second kappa shape index (κ2) is 8.27. The molecule has 3 heterocycles. The highest BCUT2D eigenvalue weighted by Gasteiger charge is 2.25. The van der Waals surface area contributed by atoms with Crippen LogP contribution in [0.3, 0.4) is 0 Å². The van der Waals surface area contributed by atoms with E-state index in [0.29, 0.717) is 12.5 Å². The van der Waals surface area contributed by atoms with Crippen LogP contribution >= 0.6 is 11.3 Å². The number of halogens is 1. The molecule has 6 heteroatoms. The molecule has 0 saturated carbocycles. The molecule has 0 radical (unpaired) electrons. The molecule has 1 aliphatic heterocycles. The van der Waals surface area contributed by atoms with E-state index in [-0.39, 0.29) is 11.7 Å². The molecule has 146 valence electrons. The van der Waals surface area contributed by atoms with E-state index in [1.54, 1.807) is 11.3 Å². The van der Waals surface area contributed by atoms with Gasteiger partial charge in [0.2, 0.25) is 0 Å². The smallest absolute Gasteiger partial charge is 0.254 e. The van der Waals surface area contributed by atoms with Gasteiger partial charge < -0.3 is 9.47 Å². The normalized spacial score (nSPS) is 15.1. The minimum absolute atomic E-state index is 0.147. The molecule has 0 N–H and O–H groups in total. The van der Waals surface area contributed by atoms with Crippen molar-refractivity contribution in [1.29, 1.82) is 0 Å². The van der Waals surface area contributed by atoms with Crippen LogP contribution in [0.5, 0.6) is 0 Å². The molecule has 0 atom stereocenters. The molecule has 0 spiro atoms. The molecule has 4 nitrogen and oxygen atoms in total. The molecule has 0 unspecified atom stereocenters. The monoisotopic (exact) mass is 397 g/mol. The number of likely N-dealkylation sites (tertiary alicyclic amines) is 1. The summed E-state index contributed by atoms with van der Waals surface area (Å²) < 4.78 is 15.4. The van der Waals surface area contributed by atoms with Gasteiger partial charge in [-0.1, -0.05) is 12.1 Å². The third-order valence-electron chi connectivity index (χ3n) is 5.53. The number of imidazole rings is 1. The Labute approximate surface area is 168 Å². The van der Waals surface area contributed by atoms with Crippen LogP contribution in [0.2, 0.25) is 0 Å². The van der Waals surface area contributed by atoms with Gasteiger partial charge in [-0.2, -0.15) is 11.3 Å². The molecular weight excluding hydrogens is 373 g/mol. The fraction of sp³-hybridized carbons (Fsp3) is 0.364. The van der Waals surface area contributed by atoms with Gasteiger partial charge in [0, 0.05) is 43.3 Å². The summed E-state index contributed by atoms with van der Waals surface area (Å²) >= 11 is 1.56. The Bertz CT molecular complexity index is 925. The standard InChI is InChI=1S/C22H24FN3OS/c1-16-13-24-21(26(16)14-18-2-4-20(23)5-3-18)12-17-6-9-25(10-7-17)22(27)19-8-11-28-15-19/h2-5,8,11,13,15,17H,6-7,9-10,12,14H2,1H3. The van der Waals surface area contributed by atoms with Crippen LogP contribution < -0.4 is 0 Å². The van der Waals surface area contributed by atoms with Crippen molar-refractivity contribution in [3.63, 3.8) is 0 Å². The van der Waals surface area contributed by atoms with Crippen LogP contribution in [-0.4, -0.2) is 33.4 Å². The second-order valence-electron chi connectivity index (χ2n) is 7.48. The van der Waals surface area contributed by atoms with Crippen LogP contribution in [0, 0.1) is 18.7 Å². The van der Waals surface area contributed by atoms with Crippen LogP contribution in [0.25, 0.3) is 0 Å². The van der Waals surface area contributed by atoms with Gasteiger partial charge in [-0.25, -0.2) is 9.37 Å². The highest BCUT2D eigenvalue weighted by Crippen LogP contribution is 2.24. The van der Waals surface area contributed by atoms with Crippen molar-refractivity contribution in [3.8, 4) is 0 Å². The maximum Gasteiger partial charge on any atom is 0.254 e. The predicted molar refractivity (Wildman–Crippen MR) is 109 cm³/mol. The largest absolute Gasteiger partial charge is 0.339 e. The number of aryl methyl sites for hydroxylation is 1. The van der Waals surface area contributed by atoms with Gasteiger partial charge in [0.1, 0.15) is 11.6 Å². The summed E-state index contributed by atoms with van der Waals surface area (Å²) in [6, 6.07) is 8.55. The molecule has 3 aromatic rings. The minimum atomic E-state index is -0.213. The molecular formula is C22H24FN3OS. The second-order valence-corrected chi connectivity index (χ2v) is 8.26. The van der Waals surface area contributed by atoms with E-state index in [2.05, 4.69) is 16.5 Å². The van der Waals surface area contributed by atoms with Gasteiger partial charge in [0.05, 0.1) is 5.56 Å². The Balaban J connectivity index is 1.38. The number of benzene rings is 1. The summed E-state index contributed by atoms with van der Waals surface area (Å²) in [5, 5.41) is 3.87. The van der Waals surface area contributed by atoms with Crippen LogP contribution in [-0.2, 0) is 13.0 Å². The fourth-order valence-electron chi connectivity index (χ4n) is 3.83. The van der Waals surface area contributed by atoms with E-state index in [1.165, 1.54) is 12.1 Å². The van der Waals surface area contributed by atoms with Crippen molar-refractivity contribution in [2.45, 2.75) is 32.7 Å². The summed E-state index contributed by atoms with van der Waals surface area (Å²) in [5.74, 6) is 1.54. The highest BCUT2D eigenvalue weighted by atomic mass is 32.1. The Hall–Kier alpha value is -2.47. The van der Waals surface area contributed by atoms with Gasteiger partial charge in [-0.05, 0) is 54.8 Å². The number of carbonyl (C=O) groups is 1. The number of rotatable bonds is 5. The molecule has 1 saturated heterocycles. The summed E-state index contributed by atoms with van der Waals surface area (Å²) in [7, 11) is 0. The number of aromatic nitrogens is 2. The van der Waals surface area contributed by atoms with Crippen molar-refractivity contribution < 1.29 is 9.18 Å². The average Bonchev–Trinajstić information content (AvgIpc) is 3.36. The maximum absolute atomic E-state index is 13.2. The predicted octanol–water partition coefficient (Wildman–Crippen LogP) is 4.54. The van der Waals surface area contributed by atoms with Crippen LogP contribution in [0.4, 0.5) is 4.39 Å². The zero-order valence-electron chi connectivity index (χ0n) is 16.0. The van der Waals surface area contributed by atoms with Crippen LogP contribution in [0.15, 0.2) is 47.3 Å². The molecule has 2 aromatic heterocycles. The molecule has 1 fully saturated rings. The number of carbonyl (C=O) groups excluding carboxylic acids is 1. The Morgan fingerprint density at radius 1 is 1.21 bits per heavy atom. The Kier molecular flexibility index (Phi) is 5.57. The number of thiophene rings is 1. The third-order valence-corrected chi connectivity index (χ3v) is 6.22. The Morgan fingerprint density at radius 3 is 2.64 bits per heavy atom. The molecule has 1 aromatic carbocycles. The first-order valence-corrected chi connectivity index (χ1v) is 10.6. The number of amides is 1. The number of hydrogen-bond acceptors (Lipinski definition) is 3. The van der Waals surface area contributed by atoms with Crippen molar-refractivity contribution in [2.75, 3.05) is 13.1 Å². The summed E-state index contributed by atoms with van der Waals surface area (Å²) in [5.41, 5.74) is 2.98. The van der Waals surface area contributed by atoms with E-state index in [4.69, 9.17) is 0 Å². The summed E-state index contributed by atoms with van der Waals surface area (Å²) in [6.45, 7) is 4.37. The zero-order chi connectivity index (χ0) is 19.5. The van der Waals surface area contributed by atoms with E-state index in [9.17, 15) is 9.18 Å². The first-order valence-electron chi connectivity index (χ1n) is 9.67. The average molecular weight is 398 g/mol. The van der Waals surface area contributed by atoms with Gasteiger partial charge in [-0.3, -0.25) is 4.79 Å². The molecule has 28 heavy (non-hydrogen) atoms. The Morgan fingerprint density at radius 2 is 1.96 bits per heavy atom. The van der Waals surface area contributed by atoms with Crippen LogP contribution in [0.1, 0.15) is 40.3 Å². The first kappa shape index (κ1) is 18.9. The molecule has 1 aliphatic rings. The van der Waals surface area contributed by atoms with Crippen molar-refractivity contribution in [2.24, 2.45) is 5.92 Å². The van der Waals surface area contributed by atoms with Gasteiger partial charge in [0.15, 0.2) is 0 Å². The molecule has 4 rings (SSSR count).